The summed E-state index contributed by atoms with van der Waals surface area (Å²) in [7, 11) is -3.41. The molecule has 0 saturated heterocycles. The second kappa shape index (κ2) is 9.92. The number of carbonyl (C=O) groups excluding carboxylic acids is 2. The Labute approximate surface area is 190 Å². The summed E-state index contributed by atoms with van der Waals surface area (Å²) in [4.78, 5) is 29.3. The van der Waals surface area contributed by atoms with Gasteiger partial charge in [0.1, 0.15) is 12.4 Å². The zero-order valence-corrected chi connectivity index (χ0v) is 19.3. The fourth-order valence-corrected chi connectivity index (χ4v) is 3.91. The molecule has 0 amide bonds. The number of anilines is 1. The Bertz CT molecular complexity index is 1200. The number of carbonyl (C=O) groups is 2. The highest BCUT2D eigenvalue weighted by molar-refractivity contribution is 7.92. The van der Waals surface area contributed by atoms with Crippen molar-refractivity contribution in [2.24, 2.45) is 0 Å². The zero-order valence-electron chi connectivity index (χ0n) is 17.7. The number of esters is 1. The van der Waals surface area contributed by atoms with Gasteiger partial charge in [-0.2, -0.15) is 0 Å². The minimum absolute atomic E-state index is 0.286. The number of sulfonamides is 1. The summed E-state index contributed by atoms with van der Waals surface area (Å²) in [6, 6.07) is 12.3. The molecule has 32 heavy (non-hydrogen) atoms. The Kier molecular flexibility index (Phi) is 7.26. The largest absolute Gasteiger partial charge is 0.487 e. The Morgan fingerprint density at radius 1 is 1.06 bits per heavy atom. The molecule has 2 aromatic carbocycles. The summed E-state index contributed by atoms with van der Waals surface area (Å²) in [6.45, 7) is 3.74. The van der Waals surface area contributed by atoms with E-state index in [0.717, 1.165) is 17.0 Å². The van der Waals surface area contributed by atoms with E-state index in [9.17, 15) is 18.0 Å². The van der Waals surface area contributed by atoms with Crippen molar-refractivity contribution >= 4 is 38.8 Å². The van der Waals surface area contributed by atoms with Crippen LogP contribution < -0.4 is 9.46 Å². The van der Waals surface area contributed by atoms with Crippen LogP contribution in [-0.4, -0.2) is 37.5 Å². The van der Waals surface area contributed by atoms with Crippen molar-refractivity contribution in [2.75, 3.05) is 11.0 Å². The van der Waals surface area contributed by atoms with E-state index in [1.54, 1.807) is 35.6 Å². The van der Waals surface area contributed by atoms with Crippen LogP contribution in [0.15, 0.2) is 53.9 Å². The molecule has 168 valence electrons. The maximum atomic E-state index is 12.5. The van der Waals surface area contributed by atoms with Crippen LogP contribution in [0.5, 0.6) is 5.75 Å². The third-order valence-corrected chi connectivity index (χ3v) is 5.70. The van der Waals surface area contributed by atoms with Gasteiger partial charge in [-0.25, -0.2) is 18.2 Å². The number of hydrogen-bond acceptors (Lipinski definition) is 8. The van der Waals surface area contributed by atoms with Crippen LogP contribution in [0.2, 0.25) is 0 Å². The lowest BCUT2D eigenvalue weighted by Gasteiger charge is -2.13. The van der Waals surface area contributed by atoms with Gasteiger partial charge in [-0.1, -0.05) is 0 Å². The van der Waals surface area contributed by atoms with E-state index in [1.807, 2.05) is 12.3 Å². The summed E-state index contributed by atoms with van der Waals surface area (Å²) in [5, 5.41) is 2.89. The van der Waals surface area contributed by atoms with Crippen molar-refractivity contribution in [2.45, 2.75) is 26.6 Å². The van der Waals surface area contributed by atoms with E-state index in [1.165, 1.54) is 31.2 Å². The number of Topliss-reactive ketones (excluding diaryl/α,β-unsaturated/α-hetero) is 1. The second-order valence-electron chi connectivity index (χ2n) is 7.03. The summed E-state index contributed by atoms with van der Waals surface area (Å²) < 4.78 is 35.8. The molecule has 0 radical (unpaired) electrons. The lowest BCUT2D eigenvalue weighted by molar-refractivity contribution is 0.0319. The topological polar surface area (TPSA) is 112 Å². The highest BCUT2D eigenvalue weighted by Crippen LogP contribution is 2.18. The van der Waals surface area contributed by atoms with Gasteiger partial charge in [-0.3, -0.25) is 9.52 Å². The Balaban J connectivity index is 1.55. The summed E-state index contributed by atoms with van der Waals surface area (Å²) in [6.07, 6.45) is 0.0219. The quantitative estimate of drug-likeness (QED) is 0.370. The standard InChI is InChI=1S/C22H22N2O6S2/c1-14(21(25)16-4-8-18(9-5-16)24-32(3,27)28)30-22(26)17-6-10-20(11-7-17)29-12-19-13-31-15(2)23-19/h4-11,13-14,24H,12H2,1-3H3. The number of benzene rings is 2. The number of hydrogen-bond donors (Lipinski definition) is 1. The minimum atomic E-state index is -3.41. The number of ketones is 1. The van der Waals surface area contributed by atoms with Crippen LogP contribution in [0, 0.1) is 6.92 Å². The van der Waals surface area contributed by atoms with Crippen molar-refractivity contribution < 1.29 is 27.5 Å². The van der Waals surface area contributed by atoms with Gasteiger partial charge < -0.3 is 9.47 Å². The number of thiazole rings is 1. The molecular formula is C22H22N2O6S2. The fourth-order valence-electron chi connectivity index (χ4n) is 2.75. The Hall–Kier alpha value is -3.24. The molecule has 1 unspecified atom stereocenters. The molecule has 0 spiro atoms. The monoisotopic (exact) mass is 474 g/mol. The third kappa shape index (κ3) is 6.63. The molecule has 1 N–H and O–H groups in total. The molecule has 0 saturated carbocycles. The summed E-state index contributed by atoms with van der Waals surface area (Å²) in [5.74, 6) is -0.454. The first kappa shape index (κ1) is 23.4. The summed E-state index contributed by atoms with van der Waals surface area (Å²) in [5.41, 5.74) is 1.75. The number of nitrogens with one attached hydrogen (secondary N) is 1. The lowest BCUT2D eigenvalue weighted by atomic mass is 10.1. The van der Waals surface area contributed by atoms with Crippen LogP contribution in [0.25, 0.3) is 0 Å². The molecule has 0 aliphatic rings. The molecule has 10 heteroatoms. The fraction of sp³-hybridized carbons (Fsp3) is 0.227. The van der Waals surface area contributed by atoms with Gasteiger partial charge in [0, 0.05) is 16.6 Å². The summed E-state index contributed by atoms with van der Waals surface area (Å²) >= 11 is 1.55. The third-order valence-electron chi connectivity index (χ3n) is 4.27. The first-order chi connectivity index (χ1) is 15.1. The number of ether oxygens (including phenoxy) is 2. The zero-order chi connectivity index (χ0) is 23.3. The second-order valence-corrected chi connectivity index (χ2v) is 9.84. The predicted molar refractivity (Wildman–Crippen MR) is 122 cm³/mol. The number of nitrogens with zero attached hydrogens (tertiary/aromatic N) is 1. The van der Waals surface area contributed by atoms with Gasteiger partial charge in [-0.15, -0.1) is 11.3 Å². The normalized spacial score (nSPS) is 12.1. The molecule has 1 heterocycles. The van der Waals surface area contributed by atoms with Crippen molar-refractivity contribution in [1.29, 1.82) is 0 Å². The lowest BCUT2D eigenvalue weighted by Crippen LogP contribution is -2.24. The Morgan fingerprint density at radius 2 is 1.69 bits per heavy atom. The molecule has 3 aromatic rings. The highest BCUT2D eigenvalue weighted by Gasteiger charge is 2.20. The number of rotatable bonds is 9. The van der Waals surface area contributed by atoms with E-state index in [-0.39, 0.29) is 5.56 Å². The van der Waals surface area contributed by atoms with Gasteiger partial charge in [0.2, 0.25) is 15.8 Å². The van der Waals surface area contributed by atoms with Crippen molar-refractivity contribution in [3.63, 3.8) is 0 Å². The van der Waals surface area contributed by atoms with Gasteiger partial charge in [0.05, 0.1) is 22.5 Å². The molecule has 1 aromatic heterocycles. The molecule has 1 atom stereocenters. The van der Waals surface area contributed by atoms with Crippen molar-refractivity contribution in [3.8, 4) is 5.75 Å². The molecular weight excluding hydrogens is 452 g/mol. The maximum absolute atomic E-state index is 12.5. The molecule has 0 fully saturated rings. The molecule has 0 bridgehead atoms. The van der Waals surface area contributed by atoms with E-state index in [0.29, 0.717) is 23.6 Å². The maximum Gasteiger partial charge on any atom is 0.338 e. The molecule has 0 aliphatic heterocycles. The average molecular weight is 475 g/mol. The smallest absolute Gasteiger partial charge is 0.338 e. The van der Waals surface area contributed by atoms with E-state index in [2.05, 4.69) is 9.71 Å². The van der Waals surface area contributed by atoms with Gasteiger partial charge in [0.15, 0.2) is 6.10 Å². The molecule has 0 aliphatic carbocycles. The van der Waals surface area contributed by atoms with E-state index in [4.69, 9.17) is 9.47 Å². The van der Waals surface area contributed by atoms with E-state index < -0.39 is 27.9 Å². The van der Waals surface area contributed by atoms with Gasteiger partial charge >= 0.3 is 5.97 Å². The minimum Gasteiger partial charge on any atom is -0.487 e. The van der Waals surface area contributed by atoms with Gasteiger partial charge in [0.25, 0.3) is 0 Å². The van der Waals surface area contributed by atoms with E-state index >= 15 is 0 Å². The first-order valence-electron chi connectivity index (χ1n) is 9.57. The highest BCUT2D eigenvalue weighted by atomic mass is 32.2. The van der Waals surface area contributed by atoms with Crippen LogP contribution >= 0.6 is 11.3 Å². The predicted octanol–water partition coefficient (Wildman–Crippen LogP) is 3.83. The van der Waals surface area contributed by atoms with Crippen LogP contribution in [0.1, 0.15) is 38.3 Å². The van der Waals surface area contributed by atoms with Crippen LogP contribution in [0.4, 0.5) is 5.69 Å². The SMILES string of the molecule is Cc1nc(COc2ccc(C(=O)OC(C)C(=O)c3ccc(NS(C)(=O)=O)cc3)cc2)cs1. The molecule has 3 rings (SSSR count). The molecule has 8 nitrogen and oxygen atoms in total. The van der Waals surface area contributed by atoms with Crippen molar-refractivity contribution in [3.05, 3.63) is 75.7 Å². The Morgan fingerprint density at radius 3 is 2.25 bits per heavy atom. The van der Waals surface area contributed by atoms with Crippen molar-refractivity contribution in [1.82, 2.24) is 4.98 Å². The number of aryl methyl sites for hydroxylation is 1. The van der Waals surface area contributed by atoms with Gasteiger partial charge in [-0.05, 0) is 62.4 Å². The van der Waals surface area contributed by atoms with Crippen LogP contribution in [0.3, 0.4) is 0 Å². The van der Waals surface area contributed by atoms with Crippen LogP contribution in [-0.2, 0) is 21.4 Å². The number of aromatic nitrogens is 1. The average Bonchev–Trinajstić information content (AvgIpc) is 3.16. The first-order valence-corrected chi connectivity index (χ1v) is 12.3.